The monoisotopic (exact) mass is 279 g/mol. The summed E-state index contributed by atoms with van der Waals surface area (Å²) in [5.74, 6) is 0.0662. The predicted octanol–water partition coefficient (Wildman–Crippen LogP) is 1.53. The number of hydrogen-bond acceptors (Lipinski definition) is 6. The molecule has 2 unspecified atom stereocenters. The second-order valence-corrected chi connectivity index (χ2v) is 5.68. The number of anilines is 1. The van der Waals surface area contributed by atoms with Crippen LogP contribution in [0.5, 0.6) is 0 Å². The first kappa shape index (κ1) is 14.7. The van der Waals surface area contributed by atoms with Gasteiger partial charge < -0.3 is 15.2 Å². The predicted molar refractivity (Wildman–Crippen MR) is 74.5 cm³/mol. The van der Waals surface area contributed by atoms with E-state index in [0.29, 0.717) is 30.2 Å². The Morgan fingerprint density at radius 2 is 2.30 bits per heavy atom. The normalized spacial score (nSPS) is 23.9. The van der Waals surface area contributed by atoms with Crippen LogP contribution in [0.3, 0.4) is 0 Å². The largest absolute Gasteiger partial charge is 0.462 e. The standard InChI is InChI=1S/C14H21N3O3/c1-5-20-12(19)9-7-15-13(16-8(9)2)17-10-6-11(18)14(10,3)4/h7,10-11,18H,5-6H2,1-4H3,(H,15,16,17). The van der Waals surface area contributed by atoms with E-state index in [1.807, 2.05) is 13.8 Å². The topological polar surface area (TPSA) is 84.3 Å². The Hall–Kier alpha value is -1.69. The molecule has 1 aliphatic rings. The number of ether oxygens (including phenoxy) is 1. The van der Waals surface area contributed by atoms with Crippen molar-refractivity contribution in [2.75, 3.05) is 11.9 Å². The molecule has 0 amide bonds. The van der Waals surface area contributed by atoms with E-state index < -0.39 is 5.97 Å². The lowest BCUT2D eigenvalue weighted by Gasteiger charge is -2.49. The molecule has 1 aromatic heterocycles. The Kier molecular flexibility index (Phi) is 3.94. The summed E-state index contributed by atoms with van der Waals surface area (Å²) in [7, 11) is 0. The zero-order valence-corrected chi connectivity index (χ0v) is 12.3. The van der Waals surface area contributed by atoms with E-state index in [0.717, 1.165) is 0 Å². The average Bonchev–Trinajstić information content (AvgIpc) is 2.38. The van der Waals surface area contributed by atoms with Crippen LogP contribution in [-0.2, 0) is 4.74 Å². The van der Waals surface area contributed by atoms with Gasteiger partial charge in [0.05, 0.1) is 24.0 Å². The molecule has 1 heterocycles. The van der Waals surface area contributed by atoms with Gasteiger partial charge in [0.2, 0.25) is 5.95 Å². The van der Waals surface area contributed by atoms with Gasteiger partial charge in [-0.05, 0) is 20.3 Å². The number of aromatic nitrogens is 2. The molecule has 0 aliphatic heterocycles. The Labute approximate surface area is 118 Å². The number of aryl methyl sites for hydroxylation is 1. The number of carbonyl (C=O) groups excluding carboxylic acids is 1. The van der Waals surface area contributed by atoms with Crippen molar-refractivity contribution in [1.82, 2.24) is 9.97 Å². The van der Waals surface area contributed by atoms with Gasteiger partial charge in [-0.2, -0.15) is 0 Å². The summed E-state index contributed by atoms with van der Waals surface area (Å²) in [5, 5.41) is 12.9. The van der Waals surface area contributed by atoms with Crippen molar-refractivity contribution in [3.8, 4) is 0 Å². The van der Waals surface area contributed by atoms with Gasteiger partial charge in [0.25, 0.3) is 0 Å². The van der Waals surface area contributed by atoms with Crippen LogP contribution in [0.25, 0.3) is 0 Å². The summed E-state index contributed by atoms with van der Waals surface area (Å²) < 4.78 is 4.94. The molecule has 2 N–H and O–H groups in total. The highest BCUT2D eigenvalue weighted by atomic mass is 16.5. The van der Waals surface area contributed by atoms with Gasteiger partial charge in [-0.25, -0.2) is 14.8 Å². The smallest absolute Gasteiger partial charge is 0.341 e. The quantitative estimate of drug-likeness (QED) is 0.813. The summed E-state index contributed by atoms with van der Waals surface area (Å²) >= 11 is 0. The molecule has 0 radical (unpaired) electrons. The third kappa shape index (κ3) is 2.60. The second-order valence-electron chi connectivity index (χ2n) is 5.68. The Morgan fingerprint density at radius 3 is 2.80 bits per heavy atom. The Morgan fingerprint density at radius 1 is 1.60 bits per heavy atom. The number of carbonyl (C=O) groups is 1. The fourth-order valence-corrected chi connectivity index (χ4v) is 2.25. The lowest BCUT2D eigenvalue weighted by molar-refractivity contribution is -0.0512. The number of hydrogen-bond donors (Lipinski definition) is 2. The van der Waals surface area contributed by atoms with Gasteiger partial charge in [-0.15, -0.1) is 0 Å². The van der Waals surface area contributed by atoms with E-state index in [9.17, 15) is 9.90 Å². The van der Waals surface area contributed by atoms with E-state index in [-0.39, 0.29) is 17.6 Å². The number of esters is 1. The minimum Gasteiger partial charge on any atom is -0.462 e. The molecule has 0 aromatic carbocycles. The first-order valence-electron chi connectivity index (χ1n) is 6.81. The Balaban J connectivity index is 2.08. The molecule has 6 heteroatoms. The van der Waals surface area contributed by atoms with Crippen LogP contribution in [0.15, 0.2) is 6.20 Å². The molecule has 1 aromatic rings. The number of aliphatic hydroxyl groups is 1. The van der Waals surface area contributed by atoms with E-state index in [4.69, 9.17) is 4.74 Å². The molecule has 110 valence electrons. The lowest BCUT2D eigenvalue weighted by atomic mass is 9.65. The molecule has 6 nitrogen and oxygen atoms in total. The number of nitrogens with zero attached hydrogens (tertiary/aromatic N) is 2. The summed E-state index contributed by atoms with van der Waals surface area (Å²) in [6.45, 7) is 7.83. The molecule has 1 fully saturated rings. The maximum atomic E-state index is 11.7. The molecular weight excluding hydrogens is 258 g/mol. The second kappa shape index (κ2) is 5.36. The molecule has 1 aliphatic carbocycles. The summed E-state index contributed by atoms with van der Waals surface area (Å²) in [5.41, 5.74) is 0.765. The highest BCUT2D eigenvalue weighted by Crippen LogP contribution is 2.41. The van der Waals surface area contributed by atoms with Crippen LogP contribution in [-0.4, -0.2) is 39.8 Å². The summed E-state index contributed by atoms with van der Waals surface area (Å²) in [6, 6.07) is 0.130. The third-order valence-corrected chi connectivity index (χ3v) is 3.99. The summed E-state index contributed by atoms with van der Waals surface area (Å²) in [6.07, 6.45) is 1.85. The first-order valence-corrected chi connectivity index (χ1v) is 6.81. The van der Waals surface area contributed by atoms with E-state index in [2.05, 4.69) is 15.3 Å². The number of rotatable bonds is 4. The SMILES string of the molecule is CCOC(=O)c1cnc(NC2CC(O)C2(C)C)nc1C. The van der Waals surface area contributed by atoms with Gasteiger partial charge in [0, 0.05) is 17.7 Å². The van der Waals surface area contributed by atoms with Crippen molar-refractivity contribution >= 4 is 11.9 Å². The van der Waals surface area contributed by atoms with Crippen molar-refractivity contribution in [3.05, 3.63) is 17.5 Å². The Bertz CT molecular complexity index is 516. The maximum absolute atomic E-state index is 11.7. The minimum atomic E-state index is -0.407. The first-order chi connectivity index (χ1) is 9.36. The maximum Gasteiger partial charge on any atom is 0.341 e. The van der Waals surface area contributed by atoms with Crippen LogP contribution in [0.4, 0.5) is 5.95 Å². The van der Waals surface area contributed by atoms with E-state index in [1.54, 1.807) is 13.8 Å². The molecule has 0 saturated heterocycles. The molecule has 2 rings (SSSR count). The van der Waals surface area contributed by atoms with Gasteiger partial charge in [-0.1, -0.05) is 13.8 Å². The van der Waals surface area contributed by atoms with Crippen LogP contribution < -0.4 is 5.32 Å². The molecule has 0 spiro atoms. The van der Waals surface area contributed by atoms with Crippen LogP contribution in [0.2, 0.25) is 0 Å². The minimum absolute atomic E-state index is 0.130. The number of aliphatic hydroxyl groups excluding tert-OH is 1. The fraction of sp³-hybridized carbons (Fsp3) is 0.643. The van der Waals surface area contributed by atoms with Crippen molar-refractivity contribution in [2.24, 2.45) is 5.41 Å². The van der Waals surface area contributed by atoms with E-state index in [1.165, 1.54) is 6.20 Å². The van der Waals surface area contributed by atoms with Crippen molar-refractivity contribution in [2.45, 2.75) is 46.3 Å². The lowest BCUT2D eigenvalue weighted by Crippen LogP contribution is -2.57. The molecule has 0 bridgehead atoms. The molecular formula is C14H21N3O3. The zero-order chi connectivity index (χ0) is 14.9. The molecule has 2 atom stereocenters. The highest BCUT2D eigenvalue weighted by molar-refractivity contribution is 5.90. The molecule has 1 saturated carbocycles. The third-order valence-electron chi connectivity index (χ3n) is 3.99. The highest BCUT2D eigenvalue weighted by Gasteiger charge is 2.47. The number of nitrogens with one attached hydrogen (secondary N) is 1. The molecule has 20 heavy (non-hydrogen) atoms. The van der Waals surface area contributed by atoms with Crippen LogP contribution in [0.1, 0.15) is 43.2 Å². The fourth-order valence-electron chi connectivity index (χ4n) is 2.25. The van der Waals surface area contributed by atoms with E-state index >= 15 is 0 Å². The van der Waals surface area contributed by atoms with Crippen molar-refractivity contribution in [1.29, 1.82) is 0 Å². The van der Waals surface area contributed by atoms with Crippen LogP contribution in [0, 0.1) is 12.3 Å². The van der Waals surface area contributed by atoms with Crippen molar-refractivity contribution in [3.63, 3.8) is 0 Å². The van der Waals surface area contributed by atoms with Gasteiger partial charge >= 0.3 is 5.97 Å². The van der Waals surface area contributed by atoms with Gasteiger partial charge in [0.15, 0.2) is 0 Å². The zero-order valence-electron chi connectivity index (χ0n) is 12.3. The van der Waals surface area contributed by atoms with Gasteiger partial charge in [-0.3, -0.25) is 0 Å². The summed E-state index contributed by atoms with van der Waals surface area (Å²) in [4.78, 5) is 20.1. The van der Waals surface area contributed by atoms with Crippen LogP contribution >= 0.6 is 0 Å². The van der Waals surface area contributed by atoms with Gasteiger partial charge in [0.1, 0.15) is 0 Å². The average molecular weight is 279 g/mol. The van der Waals surface area contributed by atoms with Crippen molar-refractivity contribution < 1.29 is 14.6 Å².